The number of unbranched alkanes of at least 4 members (excludes halogenated alkanes) is 2. The SMILES string of the molecule is COc1ccc(CCNC(=O)[C@H](CCCCCC(=O)NO)NC(=O)c2ccco2)cc1. The Balaban J connectivity index is 1.84. The summed E-state index contributed by atoms with van der Waals surface area (Å²) < 4.78 is 10.2. The van der Waals surface area contributed by atoms with Gasteiger partial charge in [-0.25, -0.2) is 5.48 Å². The van der Waals surface area contributed by atoms with Gasteiger partial charge in [0.2, 0.25) is 11.8 Å². The van der Waals surface area contributed by atoms with Crippen LogP contribution in [0.2, 0.25) is 0 Å². The van der Waals surface area contributed by atoms with E-state index in [4.69, 9.17) is 14.4 Å². The molecule has 9 nitrogen and oxygen atoms in total. The number of rotatable bonds is 13. The third kappa shape index (κ3) is 8.51. The molecule has 0 fully saturated rings. The molecular formula is C22H29N3O6. The Hall–Kier alpha value is -3.33. The number of nitrogens with one attached hydrogen (secondary N) is 3. The van der Waals surface area contributed by atoms with Crippen LogP contribution in [0.3, 0.4) is 0 Å². The predicted octanol–water partition coefficient (Wildman–Crippen LogP) is 2.20. The topological polar surface area (TPSA) is 130 Å². The highest BCUT2D eigenvalue weighted by Gasteiger charge is 2.22. The number of amides is 3. The second kappa shape index (κ2) is 13.1. The fourth-order valence-electron chi connectivity index (χ4n) is 3.02. The molecule has 1 heterocycles. The zero-order valence-electron chi connectivity index (χ0n) is 17.6. The van der Waals surface area contributed by atoms with Gasteiger partial charge in [0.1, 0.15) is 11.8 Å². The number of hydrogen-bond donors (Lipinski definition) is 4. The van der Waals surface area contributed by atoms with Crippen molar-refractivity contribution in [2.45, 2.75) is 44.6 Å². The lowest BCUT2D eigenvalue weighted by Crippen LogP contribution is -2.47. The average Bonchev–Trinajstić information content (AvgIpc) is 3.33. The molecule has 2 aromatic rings. The van der Waals surface area contributed by atoms with Crippen molar-refractivity contribution in [3.63, 3.8) is 0 Å². The standard InChI is InChI=1S/C22H29N3O6/c1-30-17-11-9-16(10-12-17)13-14-23-21(27)18(6-3-2-4-8-20(26)25-29)24-22(28)19-7-5-15-31-19/h5,7,9-12,15,18,29H,2-4,6,8,13-14H2,1H3,(H,23,27)(H,24,28)(H,25,26)/t18-/m0/s1. The summed E-state index contributed by atoms with van der Waals surface area (Å²) in [5.74, 6) is -0.277. The number of carbonyl (C=O) groups excluding carboxylic acids is 3. The highest BCUT2D eigenvalue weighted by Crippen LogP contribution is 2.12. The zero-order valence-corrected chi connectivity index (χ0v) is 17.6. The second-order valence-electron chi connectivity index (χ2n) is 7.03. The number of ether oxygens (including phenoxy) is 1. The number of furan rings is 1. The van der Waals surface area contributed by atoms with Crippen molar-refractivity contribution in [3.8, 4) is 5.75 Å². The van der Waals surface area contributed by atoms with Crippen LogP contribution in [0.1, 0.15) is 48.2 Å². The van der Waals surface area contributed by atoms with Crippen LogP contribution in [0.25, 0.3) is 0 Å². The molecule has 4 N–H and O–H groups in total. The van der Waals surface area contributed by atoms with Gasteiger partial charge in [-0.15, -0.1) is 0 Å². The van der Waals surface area contributed by atoms with Crippen molar-refractivity contribution in [3.05, 3.63) is 54.0 Å². The average molecular weight is 431 g/mol. The second-order valence-corrected chi connectivity index (χ2v) is 7.03. The van der Waals surface area contributed by atoms with Gasteiger partial charge in [0, 0.05) is 13.0 Å². The van der Waals surface area contributed by atoms with E-state index in [9.17, 15) is 14.4 Å². The van der Waals surface area contributed by atoms with Gasteiger partial charge in [-0.1, -0.05) is 25.0 Å². The molecule has 0 aliphatic heterocycles. The molecular weight excluding hydrogens is 402 g/mol. The Morgan fingerprint density at radius 3 is 2.52 bits per heavy atom. The van der Waals surface area contributed by atoms with Gasteiger partial charge in [-0.3, -0.25) is 19.6 Å². The van der Waals surface area contributed by atoms with Gasteiger partial charge in [0.15, 0.2) is 5.76 Å². The minimum atomic E-state index is -0.722. The van der Waals surface area contributed by atoms with E-state index in [-0.39, 0.29) is 18.1 Å². The minimum absolute atomic E-state index is 0.135. The van der Waals surface area contributed by atoms with Crippen LogP contribution < -0.4 is 20.9 Å². The van der Waals surface area contributed by atoms with Crippen molar-refractivity contribution in [1.82, 2.24) is 16.1 Å². The van der Waals surface area contributed by atoms with Gasteiger partial charge < -0.3 is 19.8 Å². The molecule has 0 aliphatic carbocycles. The van der Waals surface area contributed by atoms with Crippen LogP contribution in [-0.2, 0) is 16.0 Å². The summed E-state index contributed by atoms with van der Waals surface area (Å²) in [7, 11) is 1.60. The van der Waals surface area contributed by atoms with E-state index in [2.05, 4.69) is 10.6 Å². The molecule has 0 unspecified atom stereocenters. The highest BCUT2D eigenvalue weighted by molar-refractivity contribution is 5.95. The number of hydroxylamine groups is 1. The summed E-state index contributed by atoms with van der Waals surface area (Å²) in [5, 5.41) is 14.1. The highest BCUT2D eigenvalue weighted by atomic mass is 16.5. The Kier molecular flexibility index (Phi) is 10.1. The van der Waals surface area contributed by atoms with Crippen molar-refractivity contribution in [2.24, 2.45) is 0 Å². The smallest absolute Gasteiger partial charge is 0.287 e. The van der Waals surface area contributed by atoms with Crippen molar-refractivity contribution < 1.29 is 28.7 Å². The van der Waals surface area contributed by atoms with E-state index in [1.165, 1.54) is 12.3 Å². The molecule has 0 spiro atoms. The van der Waals surface area contributed by atoms with Crippen LogP contribution in [0.15, 0.2) is 47.1 Å². The summed E-state index contributed by atoms with van der Waals surface area (Å²) >= 11 is 0. The Bertz CT molecular complexity index is 820. The maximum absolute atomic E-state index is 12.7. The third-order valence-electron chi connectivity index (χ3n) is 4.76. The minimum Gasteiger partial charge on any atom is -0.497 e. The number of carbonyl (C=O) groups is 3. The van der Waals surface area contributed by atoms with E-state index in [1.807, 2.05) is 24.3 Å². The maximum atomic E-state index is 12.7. The summed E-state index contributed by atoms with van der Waals surface area (Å²) in [6.45, 7) is 0.426. The molecule has 1 aromatic carbocycles. The van der Waals surface area contributed by atoms with Gasteiger partial charge >= 0.3 is 0 Å². The Labute approximate surface area is 181 Å². The Morgan fingerprint density at radius 1 is 1.10 bits per heavy atom. The predicted molar refractivity (Wildman–Crippen MR) is 113 cm³/mol. The molecule has 0 saturated carbocycles. The Morgan fingerprint density at radius 2 is 1.87 bits per heavy atom. The first-order chi connectivity index (χ1) is 15.0. The first-order valence-electron chi connectivity index (χ1n) is 10.2. The van der Waals surface area contributed by atoms with Gasteiger partial charge in [-0.05, 0) is 49.1 Å². The molecule has 3 amide bonds. The monoisotopic (exact) mass is 431 g/mol. The summed E-state index contributed by atoms with van der Waals surface area (Å²) in [6, 6.07) is 10.0. The van der Waals surface area contributed by atoms with E-state index >= 15 is 0 Å². The van der Waals surface area contributed by atoms with E-state index in [0.717, 1.165) is 11.3 Å². The van der Waals surface area contributed by atoms with Crippen LogP contribution >= 0.6 is 0 Å². The largest absolute Gasteiger partial charge is 0.497 e. The van der Waals surface area contributed by atoms with Gasteiger partial charge in [0.05, 0.1) is 13.4 Å². The van der Waals surface area contributed by atoms with Crippen molar-refractivity contribution in [1.29, 1.82) is 0 Å². The van der Waals surface area contributed by atoms with E-state index in [1.54, 1.807) is 18.7 Å². The lowest BCUT2D eigenvalue weighted by Gasteiger charge is -2.18. The first kappa shape index (κ1) is 23.9. The summed E-state index contributed by atoms with van der Waals surface area (Å²) in [5.41, 5.74) is 2.65. The third-order valence-corrected chi connectivity index (χ3v) is 4.76. The molecule has 1 aromatic heterocycles. The molecule has 0 bridgehead atoms. The maximum Gasteiger partial charge on any atom is 0.287 e. The van der Waals surface area contributed by atoms with Crippen molar-refractivity contribution in [2.75, 3.05) is 13.7 Å². The van der Waals surface area contributed by atoms with E-state index < -0.39 is 17.9 Å². The zero-order chi connectivity index (χ0) is 22.5. The number of benzene rings is 1. The summed E-state index contributed by atoms with van der Waals surface area (Å²) in [6.07, 6.45) is 4.54. The molecule has 2 rings (SSSR count). The first-order valence-corrected chi connectivity index (χ1v) is 10.2. The van der Waals surface area contributed by atoms with E-state index in [0.29, 0.717) is 38.6 Å². The molecule has 1 atom stereocenters. The molecule has 0 saturated heterocycles. The number of hydrogen-bond acceptors (Lipinski definition) is 6. The fraction of sp³-hybridized carbons (Fsp3) is 0.409. The van der Waals surface area contributed by atoms with Crippen LogP contribution in [0, 0.1) is 0 Å². The van der Waals surface area contributed by atoms with Gasteiger partial charge in [0.25, 0.3) is 5.91 Å². The molecule has 168 valence electrons. The lowest BCUT2D eigenvalue weighted by atomic mass is 10.1. The van der Waals surface area contributed by atoms with Gasteiger partial charge in [-0.2, -0.15) is 0 Å². The van der Waals surface area contributed by atoms with Crippen LogP contribution in [-0.4, -0.2) is 42.6 Å². The summed E-state index contributed by atoms with van der Waals surface area (Å²) in [4.78, 5) is 36.1. The fourth-order valence-corrected chi connectivity index (χ4v) is 3.02. The van der Waals surface area contributed by atoms with Crippen molar-refractivity contribution >= 4 is 17.7 Å². The lowest BCUT2D eigenvalue weighted by molar-refractivity contribution is -0.129. The van der Waals surface area contributed by atoms with Crippen LogP contribution in [0.4, 0.5) is 0 Å². The number of methoxy groups -OCH3 is 1. The molecule has 31 heavy (non-hydrogen) atoms. The molecule has 0 radical (unpaired) electrons. The normalized spacial score (nSPS) is 11.4. The molecule has 0 aliphatic rings. The van der Waals surface area contributed by atoms with Crippen LogP contribution in [0.5, 0.6) is 5.75 Å². The molecule has 9 heteroatoms. The quantitative estimate of drug-likeness (QED) is 0.219.